The molecule has 0 saturated heterocycles. The van der Waals surface area contributed by atoms with Crippen LogP contribution in [-0.2, 0) is 14.8 Å². The number of aryl methyl sites for hydroxylation is 1. The van der Waals surface area contributed by atoms with Gasteiger partial charge in [0, 0.05) is 20.3 Å². The third kappa shape index (κ3) is 5.14. The lowest BCUT2D eigenvalue weighted by atomic mass is 9.90. The van der Waals surface area contributed by atoms with Crippen LogP contribution in [0.25, 0.3) is 0 Å². The summed E-state index contributed by atoms with van der Waals surface area (Å²) in [5, 5.41) is 0.354. The molecule has 0 aliphatic carbocycles. The smallest absolute Gasteiger partial charge is 0.240 e. The highest BCUT2D eigenvalue weighted by Gasteiger charge is 2.23. The van der Waals surface area contributed by atoms with E-state index in [1.54, 1.807) is 20.1 Å². The van der Waals surface area contributed by atoms with Crippen LogP contribution in [0.15, 0.2) is 17.0 Å². The molecule has 0 radical (unpaired) electrons. The third-order valence-corrected chi connectivity index (χ3v) is 5.18. The van der Waals surface area contributed by atoms with Crippen LogP contribution in [0.3, 0.4) is 0 Å². The minimum Gasteiger partial charge on any atom is -0.397 e. The molecule has 0 aromatic heterocycles. The summed E-state index contributed by atoms with van der Waals surface area (Å²) < 4.78 is 32.5. The molecule has 0 fully saturated rings. The number of halogens is 1. The van der Waals surface area contributed by atoms with Crippen LogP contribution in [0.4, 0.5) is 5.69 Å². The predicted molar refractivity (Wildman–Crippen MR) is 86.1 cm³/mol. The predicted octanol–water partition coefficient (Wildman–Crippen LogP) is 2.57. The Morgan fingerprint density at radius 1 is 1.38 bits per heavy atom. The molecule has 0 bridgehead atoms. The number of benzene rings is 1. The maximum atomic E-state index is 12.4. The number of nitrogen functional groups attached to an aromatic ring is 1. The van der Waals surface area contributed by atoms with Gasteiger partial charge in [0.05, 0.1) is 15.6 Å². The fourth-order valence-corrected chi connectivity index (χ4v) is 3.51. The Bertz CT molecular complexity index is 600. The van der Waals surface area contributed by atoms with Gasteiger partial charge in [-0.05, 0) is 36.5 Å². The lowest BCUT2D eigenvalue weighted by Gasteiger charge is -2.24. The summed E-state index contributed by atoms with van der Waals surface area (Å²) >= 11 is 5.89. The fraction of sp³-hybridized carbons (Fsp3) is 0.571. The molecule has 1 rings (SSSR count). The number of hydrogen-bond donors (Lipinski definition) is 2. The Labute approximate surface area is 131 Å². The first-order chi connectivity index (χ1) is 9.59. The fourth-order valence-electron chi connectivity index (χ4n) is 1.79. The lowest BCUT2D eigenvalue weighted by molar-refractivity contribution is 0.153. The van der Waals surface area contributed by atoms with Gasteiger partial charge >= 0.3 is 0 Å². The Hall–Kier alpha value is -0.820. The molecule has 120 valence electrons. The van der Waals surface area contributed by atoms with Crippen LogP contribution in [0.1, 0.15) is 25.8 Å². The quantitative estimate of drug-likeness (QED) is 0.751. The number of rotatable bonds is 7. The van der Waals surface area contributed by atoms with Crippen molar-refractivity contribution in [1.82, 2.24) is 4.72 Å². The average Bonchev–Trinajstić information content (AvgIpc) is 2.38. The maximum absolute atomic E-state index is 12.4. The summed E-state index contributed by atoms with van der Waals surface area (Å²) in [5.41, 5.74) is 6.31. The lowest BCUT2D eigenvalue weighted by Crippen LogP contribution is -2.35. The topological polar surface area (TPSA) is 81.4 Å². The first-order valence-electron chi connectivity index (χ1n) is 6.63. The van der Waals surface area contributed by atoms with Crippen LogP contribution in [0.2, 0.25) is 5.02 Å². The van der Waals surface area contributed by atoms with Gasteiger partial charge in [-0.15, -0.1) is 0 Å². The first-order valence-corrected chi connectivity index (χ1v) is 8.49. The van der Waals surface area contributed by atoms with E-state index < -0.39 is 10.0 Å². The van der Waals surface area contributed by atoms with Gasteiger partial charge < -0.3 is 10.5 Å². The number of anilines is 1. The number of sulfonamides is 1. The molecule has 0 saturated carbocycles. The summed E-state index contributed by atoms with van der Waals surface area (Å²) in [7, 11) is -1.99. The molecule has 5 nitrogen and oxygen atoms in total. The molecule has 0 spiro atoms. The monoisotopic (exact) mass is 334 g/mol. The molecule has 21 heavy (non-hydrogen) atoms. The second kappa shape index (κ2) is 6.96. The number of methoxy groups -OCH3 is 1. The first kappa shape index (κ1) is 18.2. The minimum absolute atomic E-state index is 0.159. The Kier molecular flexibility index (Phi) is 6.04. The Morgan fingerprint density at radius 3 is 2.57 bits per heavy atom. The molecule has 0 unspecified atom stereocenters. The number of ether oxygens (including phenoxy) is 1. The summed E-state index contributed by atoms with van der Waals surface area (Å²) in [6.45, 7) is 6.56. The van der Waals surface area contributed by atoms with Crippen LogP contribution in [-0.4, -0.2) is 28.7 Å². The van der Waals surface area contributed by atoms with Gasteiger partial charge in [-0.25, -0.2) is 13.1 Å². The van der Waals surface area contributed by atoms with E-state index in [0.29, 0.717) is 23.7 Å². The molecular weight excluding hydrogens is 312 g/mol. The number of nitrogens with two attached hydrogens (primary N) is 1. The van der Waals surface area contributed by atoms with Crippen molar-refractivity contribution in [3.05, 3.63) is 22.7 Å². The van der Waals surface area contributed by atoms with Gasteiger partial charge in [0.15, 0.2) is 0 Å². The molecule has 3 N–H and O–H groups in total. The van der Waals surface area contributed by atoms with Crippen molar-refractivity contribution < 1.29 is 13.2 Å². The molecule has 0 heterocycles. The summed E-state index contributed by atoms with van der Waals surface area (Å²) in [5.74, 6) is 0. The van der Waals surface area contributed by atoms with E-state index in [-0.39, 0.29) is 16.0 Å². The molecule has 1 aromatic rings. The largest absolute Gasteiger partial charge is 0.397 e. The Morgan fingerprint density at radius 2 is 2.00 bits per heavy atom. The molecule has 0 atom stereocenters. The molecular formula is C14H23ClN2O3S. The second-order valence-electron chi connectivity index (χ2n) is 5.87. The highest BCUT2D eigenvalue weighted by Crippen LogP contribution is 2.27. The van der Waals surface area contributed by atoms with Crippen LogP contribution in [0.5, 0.6) is 0 Å². The van der Waals surface area contributed by atoms with Crippen molar-refractivity contribution in [2.75, 3.05) is 26.0 Å². The van der Waals surface area contributed by atoms with Crippen LogP contribution < -0.4 is 10.5 Å². The van der Waals surface area contributed by atoms with Crippen molar-refractivity contribution in [3.63, 3.8) is 0 Å². The molecule has 0 amide bonds. The maximum Gasteiger partial charge on any atom is 0.240 e. The number of hydrogen-bond acceptors (Lipinski definition) is 4. The highest BCUT2D eigenvalue weighted by atomic mass is 35.5. The summed E-state index contributed by atoms with van der Waals surface area (Å²) in [6.07, 6.45) is 0.758. The van der Waals surface area contributed by atoms with E-state index in [1.807, 2.05) is 13.8 Å². The van der Waals surface area contributed by atoms with E-state index in [9.17, 15) is 8.42 Å². The van der Waals surface area contributed by atoms with Crippen molar-refractivity contribution in [2.45, 2.75) is 32.1 Å². The van der Waals surface area contributed by atoms with E-state index in [4.69, 9.17) is 22.1 Å². The molecule has 7 heteroatoms. The van der Waals surface area contributed by atoms with Gasteiger partial charge in [0.1, 0.15) is 0 Å². The molecule has 0 aliphatic heterocycles. The summed E-state index contributed by atoms with van der Waals surface area (Å²) in [4.78, 5) is 0.159. The van der Waals surface area contributed by atoms with E-state index in [2.05, 4.69) is 4.72 Å². The van der Waals surface area contributed by atoms with Crippen molar-refractivity contribution >= 4 is 27.3 Å². The van der Waals surface area contributed by atoms with Gasteiger partial charge in [0.2, 0.25) is 10.0 Å². The van der Waals surface area contributed by atoms with Crippen molar-refractivity contribution in [3.8, 4) is 0 Å². The highest BCUT2D eigenvalue weighted by molar-refractivity contribution is 7.89. The van der Waals surface area contributed by atoms with Gasteiger partial charge in [0.25, 0.3) is 0 Å². The zero-order chi connectivity index (χ0) is 16.3. The Balaban J connectivity index is 2.90. The van der Waals surface area contributed by atoms with Gasteiger partial charge in [-0.1, -0.05) is 25.4 Å². The molecule has 1 aromatic carbocycles. The minimum atomic E-state index is -3.62. The normalized spacial score (nSPS) is 12.6. The van der Waals surface area contributed by atoms with E-state index in [1.165, 1.54) is 6.07 Å². The van der Waals surface area contributed by atoms with Crippen LogP contribution >= 0.6 is 11.6 Å². The third-order valence-electron chi connectivity index (χ3n) is 3.31. The van der Waals surface area contributed by atoms with Crippen molar-refractivity contribution in [2.24, 2.45) is 5.41 Å². The van der Waals surface area contributed by atoms with E-state index in [0.717, 1.165) is 6.42 Å². The zero-order valence-corrected chi connectivity index (χ0v) is 14.4. The van der Waals surface area contributed by atoms with E-state index >= 15 is 0 Å². The zero-order valence-electron chi connectivity index (χ0n) is 12.9. The summed E-state index contributed by atoms with van der Waals surface area (Å²) in [6, 6.07) is 2.95. The van der Waals surface area contributed by atoms with Crippen molar-refractivity contribution in [1.29, 1.82) is 0 Å². The number of nitrogens with one attached hydrogen (secondary N) is 1. The van der Waals surface area contributed by atoms with Crippen LogP contribution in [0, 0.1) is 12.3 Å². The van der Waals surface area contributed by atoms with Gasteiger partial charge in [-0.2, -0.15) is 0 Å². The SMILES string of the molecule is COCCC(C)(C)CNS(=O)(=O)c1cc(N)c(Cl)cc1C. The average molecular weight is 335 g/mol. The molecule has 0 aliphatic rings. The standard InChI is InChI=1S/C14H23ClN2O3S/c1-10-7-11(15)12(16)8-13(10)21(18,19)17-9-14(2,3)5-6-20-4/h7-8,17H,5-6,9,16H2,1-4H3. The second-order valence-corrected chi connectivity index (χ2v) is 8.01. The van der Waals surface area contributed by atoms with Gasteiger partial charge in [-0.3, -0.25) is 0 Å².